The summed E-state index contributed by atoms with van der Waals surface area (Å²) in [4.78, 5) is 2.43. The van der Waals surface area contributed by atoms with Crippen LogP contribution in [0.25, 0.3) is 0 Å². The van der Waals surface area contributed by atoms with Gasteiger partial charge in [0, 0.05) is 18.8 Å². The molecule has 1 fully saturated rings. The summed E-state index contributed by atoms with van der Waals surface area (Å²) in [5.74, 6) is 0. The lowest BCUT2D eigenvalue weighted by atomic mass is 9.93. The lowest BCUT2D eigenvalue weighted by molar-refractivity contribution is 0.173. The number of anilines is 1. The number of nitrogens with zero attached hydrogens (tertiary/aromatic N) is 1. The third-order valence-electron chi connectivity index (χ3n) is 3.71. The molecule has 0 aromatic heterocycles. The van der Waals surface area contributed by atoms with Gasteiger partial charge < -0.3 is 10.0 Å². The minimum atomic E-state index is -0.320. The molecule has 1 aromatic rings. The third kappa shape index (κ3) is 2.81. The van der Waals surface area contributed by atoms with Crippen LogP contribution >= 0.6 is 0 Å². The molecule has 0 aliphatic carbocycles. The van der Waals surface area contributed by atoms with E-state index in [4.69, 9.17) is 0 Å². The van der Waals surface area contributed by atoms with Crippen molar-refractivity contribution in [1.29, 1.82) is 0 Å². The first-order chi connectivity index (χ1) is 8.02. The molecule has 1 N–H and O–H groups in total. The van der Waals surface area contributed by atoms with Crippen LogP contribution in [0, 0.1) is 5.41 Å². The van der Waals surface area contributed by atoms with Crippen LogP contribution in [0.1, 0.15) is 45.3 Å². The minimum Gasteiger partial charge on any atom is -0.388 e. The number of aliphatic hydroxyl groups excluding tert-OH is 1. The summed E-state index contributed by atoms with van der Waals surface area (Å²) in [5.41, 5.74) is 2.74. The number of hydrogen-bond donors (Lipinski definition) is 1. The van der Waals surface area contributed by atoms with Crippen LogP contribution in [0.5, 0.6) is 0 Å². The van der Waals surface area contributed by atoms with E-state index in [0.29, 0.717) is 5.41 Å². The average molecular weight is 233 g/mol. The summed E-state index contributed by atoms with van der Waals surface area (Å²) in [6.07, 6.45) is 1.71. The van der Waals surface area contributed by atoms with Gasteiger partial charge in [0.2, 0.25) is 0 Å². The lowest BCUT2D eigenvalue weighted by Crippen LogP contribution is -2.22. The number of aliphatic hydroxyl groups is 1. The van der Waals surface area contributed by atoms with E-state index < -0.39 is 0 Å². The summed E-state index contributed by atoms with van der Waals surface area (Å²) in [6, 6.07) is 8.37. The Labute approximate surface area is 104 Å². The van der Waals surface area contributed by atoms with E-state index in [1.165, 1.54) is 12.1 Å². The van der Waals surface area contributed by atoms with Gasteiger partial charge in [0.25, 0.3) is 0 Å². The molecule has 0 unspecified atom stereocenters. The molecule has 1 atom stereocenters. The van der Waals surface area contributed by atoms with Gasteiger partial charge in [0.1, 0.15) is 0 Å². The summed E-state index contributed by atoms with van der Waals surface area (Å²) in [7, 11) is 0. The quantitative estimate of drug-likeness (QED) is 0.865. The Bertz CT molecular complexity index is 369. The number of hydrogen-bond acceptors (Lipinski definition) is 2. The molecule has 1 saturated heterocycles. The standard InChI is InChI=1S/C15H23NO/c1-4-14(17)12-5-7-13(8-6-12)16-10-9-15(2,3)11-16/h5-8,14,17H,4,9-11H2,1-3H3/t14-/m1/s1. The van der Waals surface area contributed by atoms with Gasteiger partial charge in [-0.1, -0.05) is 32.9 Å². The molecule has 2 heteroatoms. The highest BCUT2D eigenvalue weighted by Crippen LogP contribution is 2.32. The van der Waals surface area contributed by atoms with E-state index in [-0.39, 0.29) is 6.10 Å². The van der Waals surface area contributed by atoms with E-state index in [2.05, 4.69) is 43.0 Å². The third-order valence-corrected chi connectivity index (χ3v) is 3.71. The van der Waals surface area contributed by atoms with Crippen LogP contribution < -0.4 is 4.90 Å². The zero-order valence-electron chi connectivity index (χ0n) is 11.1. The molecule has 1 aliphatic rings. The van der Waals surface area contributed by atoms with Crippen molar-refractivity contribution in [2.75, 3.05) is 18.0 Å². The van der Waals surface area contributed by atoms with E-state index in [9.17, 15) is 5.11 Å². The normalized spacial score (nSPS) is 20.6. The van der Waals surface area contributed by atoms with Crippen molar-refractivity contribution < 1.29 is 5.11 Å². The van der Waals surface area contributed by atoms with E-state index in [0.717, 1.165) is 25.1 Å². The van der Waals surface area contributed by atoms with Crippen molar-refractivity contribution in [2.45, 2.75) is 39.7 Å². The van der Waals surface area contributed by atoms with Gasteiger partial charge in [-0.15, -0.1) is 0 Å². The molecule has 94 valence electrons. The highest BCUT2D eigenvalue weighted by Gasteiger charge is 2.29. The smallest absolute Gasteiger partial charge is 0.0787 e. The van der Waals surface area contributed by atoms with Gasteiger partial charge in [0.05, 0.1) is 6.10 Å². The van der Waals surface area contributed by atoms with E-state index in [1.807, 2.05) is 6.92 Å². The number of rotatable bonds is 3. The lowest BCUT2D eigenvalue weighted by Gasteiger charge is -2.22. The van der Waals surface area contributed by atoms with Crippen LogP contribution in [-0.4, -0.2) is 18.2 Å². The van der Waals surface area contributed by atoms with Crippen molar-refractivity contribution in [2.24, 2.45) is 5.41 Å². The van der Waals surface area contributed by atoms with Crippen LogP contribution in [0.3, 0.4) is 0 Å². The molecule has 1 aromatic carbocycles. The van der Waals surface area contributed by atoms with E-state index >= 15 is 0 Å². The molecule has 2 rings (SSSR count). The minimum absolute atomic E-state index is 0.320. The van der Waals surface area contributed by atoms with Gasteiger partial charge in [-0.05, 0) is 36.0 Å². The summed E-state index contributed by atoms with van der Waals surface area (Å²) < 4.78 is 0. The zero-order valence-corrected chi connectivity index (χ0v) is 11.1. The highest BCUT2D eigenvalue weighted by molar-refractivity contribution is 5.49. The topological polar surface area (TPSA) is 23.5 Å². The summed E-state index contributed by atoms with van der Waals surface area (Å²) in [6.45, 7) is 8.91. The first kappa shape index (κ1) is 12.4. The molecule has 0 bridgehead atoms. The van der Waals surface area contributed by atoms with Crippen molar-refractivity contribution in [1.82, 2.24) is 0 Å². The molecule has 0 spiro atoms. The van der Waals surface area contributed by atoms with Crippen LogP contribution in [0.2, 0.25) is 0 Å². The molecule has 17 heavy (non-hydrogen) atoms. The second-order valence-corrected chi connectivity index (χ2v) is 5.85. The average Bonchev–Trinajstić information content (AvgIpc) is 2.69. The molecule has 1 aliphatic heterocycles. The van der Waals surface area contributed by atoms with Crippen LogP contribution in [-0.2, 0) is 0 Å². The van der Waals surface area contributed by atoms with Crippen molar-refractivity contribution in [3.63, 3.8) is 0 Å². The fourth-order valence-corrected chi connectivity index (χ4v) is 2.48. The summed E-state index contributed by atoms with van der Waals surface area (Å²) >= 11 is 0. The van der Waals surface area contributed by atoms with Gasteiger partial charge in [-0.2, -0.15) is 0 Å². The maximum atomic E-state index is 9.75. The monoisotopic (exact) mass is 233 g/mol. The second kappa shape index (κ2) is 4.69. The molecule has 0 saturated carbocycles. The largest absolute Gasteiger partial charge is 0.388 e. The Hall–Kier alpha value is -1.02. The second-order valence-electron chi connectivity index (χ2n) is 5.85. The Morgan fingerprint density at radius 2 is 1.94 bits per heavy atom. The Morgan fingerprint density at radius 1 is 1.29 bits per heavy atom. The highest BCUT2D eigenvalue weighted by atomic mass is 16.3. The van der Waals surface area contributed by atoms with E-state index in [1.54, 1.807) is 0 Å². The van der Waals surface area contributed by atoms with Gasteiger partial charge in [-0.3, -0.25) is 0 Å². The van der Waals surface area contributed by atoms with Crippen molar-refractivity contribution in [3.8, 4) is 0 Å². The van der Waals surface area contributed by atoms with Crippen molar-refractivity contribution >= 4 is 5.69 Å². The predicted molar refractivity (Wildman–Crippen MR) is 72.3 cm³/mol. The fourth-order valence-electron chi connectivity index (χ4n) is 2.48. The molecule has 2 nitrogen and oxygen atoms in total. The first-order valence-corrected chi connectivity index (χ1v) is 6.55. The Morgan fingerprint density at radius 3 is 2.41 bits per heavy atom. The Kier molecular flexibility index (Phi) is 3.43. The molecule has 1 heterocycles. The van der Waals surface area contributed by atoms with Crippen LogP contribution in [0.15, 0.2) is 24.3 Å². The molecular formula is C15H23NO. The molecular weight excluding hydrogens is 210 g/mol. The van der Waals surface area contributed by atoms with Gasteiger partial charge in [-0.25, -0.2) is 0 Å². The molecule has 0 radical (unpaired) electrons. The Balaban J connectivity index is 2.09. The maximum Gasteiger partial charge on any atom is 0.0787 e. The van der Waals surface area contributed by atoms with Gasteiger partial charge in [0.15, 0.2) is 0 Å². The van der Waals surface area contributed by atoms with Crippen molar-refractivity contribution in [3.05, 3.63) is 29.8 Å². The van der Waals surface area contributed by atoms with Crippen LogP contribution in [0.4, 0.5) is 5.69 Å². The SMILES string of the molecule is CC[C@@H](O)c1ccc(N2CCC(C)(C)C2)cc1. The summed E-state index contributed by atoms with van der Waals surface area (Å²) in [5, 5.41) is 9.75. The zero-order chi connectivity index (χ0) is 12.5. The number of benzene rings is 1. The fraction of sp³-hybridized carbons (Fsp3) is 0.600. The molecule has 0 amide bonds. The maximum absolute atomic E-state index is 9.75. The van der Waals surface area contributed by atoms with Gasteiger partial charge >= 0.3 is 0 Å². The predicted octanol–water partition coefficient (Wildman–Crippen LogP) is 3.37. The first-order valence-electron chi connectivity index (χ1n) is 6.55.